The molecule has 3 unspecified atom stereocenters. The topological polar surface area (TPSA) is 54.3 Å². The first-order chi connectivity index (χ1) is 7.80. The molecule has 1 N–H and O–H groups in total. The average molecular weight is 226 g/mol. The van der Waals surface area contributed by atoms with Crippen molar-refractivity contribution < 1.29 is 9.47 Å². The van der Waals surface area contributed by atoms with E-state index in [4.69, 9.17) is 14.7 Å². The lowest BCUT2D eigenvalue weighted by atomic mass is 9.95. The van der Waals surface area contributed by atoms with Crippen LogP contribution >= 0.6 is 0 Å². The summed E-state index contributed by atoms with van der Waals surface area (Å²) in [4.78, 5) is 0. The second-order valence-electron chi connectivity index (χ2n) is 4.28. The Balaban J connectivity index is 2.15. The zero-order chi connectivity index (χ0) is 11.8. The van der Waals surface area contributed by atoms with Crippen molar-refractivity contribution in [2.75, 3.05) is 20.8 Å². The van der Waals surface area contributed by atoms with Gasteiger partial charge in [-0.1, -0.05) is 0 Å². The molecule has 0 aromatic rings. The zero-order valence-corrected chi connectivity index (χ0v) is 10.2. The van der Waals surface area contributed by atoms with E-state index >= 15 is 0 Å². The monoisotopic (exact) mass is 226 g/mol. The minimum atomic E-state index is -0.0955. The first kappa shape index (κ1) is 13.4. The van der Waals surface area contributed by atoms with Crippen molar-refractivity contribution in [2.24, 2.45) is 0 Å². The molecule has 1 fully saturated rings. The van der Waals surface area contributed by atoms with Crippen LogP contribution in [0, 0.1) is 11.3 Å². The highest BCUT2D eigenvalue weighted by Gasteiger charge is 2.22. The van der Waals surface area contributed by atoms with Gasteiger partial charge in [-0.2, -0.15) is 5.26 Å². The van der Waals surface area contributed by atoms with E-state index < -0.39 is 0 Å². The highest BCUT2D eigenvalue weighted by atomic mass is 16.5. The van der Waals surface area contributed by atoms with Gasteiger partial charge >= 0.3 is 0 Å². The highest BCUT2D eigenvalue weighted by Crippen LogP contribution is 2.23. The SMILES string of the molecule is CNC(C#N)CCOC1CCCC(OC)C1. The molecule has 0 aromatic carbocycles. The molecular formula is C12H22N2O2. The summed E-state index contributed by atoms with van der Waals surface area (Å²) in [5, 5.41) is 11.7. The number of hydrogen-bond acceptors (Lipinski definition) is 4. The lowest BCUT2D eigenvalue weighted by molar-refractivity contribution is -0.0306. The van der Waals surface area contributed by atoms with Crippen molar-refractivity contribution in [1.82, 2.24) is 5.32 Å². The van der Waals surface area contributed by atoms with Crippen LogP contribution in [-0.2, 0) is 9.47 Å². The molecule has 0 saturated heterocycles. The van der Waals surface area contributed by atoms with E-state index in [2.05, 4.69) is 11.4 Å². The Morgan fingerprint density at radius 2 is 2.19 bits per heavy atom. The van der Waals surface area contributed by atoms with Gasteiger partial charge in [-0.25, -0.2) is 0 Å². The largest absolute Gasteiger partial charge is 0.381 e. The van der Waals surface area contributed by atoms with Gasteiger partial charge in [0.25, 0.3) is 0 Å². The fourth-order valence-electron chi connectivity index (χ4n) is 2.09. The lowest BCUT2D eigenvalue weighted by Gasteiger charge is -2.28. The van der Waals surface area contributed by atoms with Crippen LogP contribution in [0.25, 0.3) is 0 Å². The predicted molar refractivity (Wildman–Crippen MR) is 62.1 cm³/mol. The molecule has 0 aliphatic heterocycles. The van der Waals surface area contributed by atoms with Gasteiger partial charge in [0.05, 0.1) is 24.3 Å². The molecule has 0 amide bonds. The number of rotatable bonds is 6. The molecular weight excluding hydrogens is 204 g/mol. The molecule has 4 heteroatoms. The Labute approximate surface area is 97.9 Å². The zero-order valence-electron chi connectivity index (χ0n) is 10.2. The summed E-state index contributed by atoms with van der Waals surface area (Å²) in [5.74, 6) is 0. The molecule has 3 atom stereocenters. The maximum atomic E-state index is 8.76. The average Bonchev–Trinajstić information content (AvgIpc) is 2.35. The van der Waals surface area contributed by atoms with E-state index in [1.54, 1.807) is 14.2 Å². The Hall–Kier alpha value is -0.630. The third-order valence-electron chi connectivity index (χ3n) is 3.18. The smallest absolute Gasteiger partial charge is 0.0972 e. The molecule has 0 heterocycles. The summed E-state index contributed by atoms with van der Waals surface area (Å²) in [6.07, 6.45) is 5.86. The van der Waals surface area contributed by atoms with Gasteiger partial charge in [-0.15, -0.1) is 0 Å². The summed E-state index contributed by atoms with van der Waals surface area (Å²) in [6.45, 7) is 0.653. The van der Waals surface area contributed by atoms with Gasteiger partial charge in [0.2, 0.25) is 0 Å². The maximum Gasteiger partial charge on any atom is 0.0972 e. The molecule has 1 aliphatic carbocycles. The highest BCUT2D eigenvalue weighted by molar-refractivity contribution is 4.88. The van der Waals surface area contributed by atoms with Crippen LogP contribution in [0.3, 0.4) is 0 Å². The van der Waals surface area contributed by atoms with E-state index in [0.717, 1.165) is 25.7 Å². The lowest BCUT2D eigenvalue weighted by Crippen LogP contribution is -2.30. The second-order valence-corrected chi connectivity index (χ2v) is 4.28. The Kier molecular flexibility index (Phi) is 6.39. The van der Waals surface area contributed by atoms with Crippen molar-refractivity contribution >= 4 is 0 Å². The van der Waals surface area contributed by atoms with Crippen molar-refractivity contribution in [3.63, 3.8) is 0 Å². The number of nitrogens with one attached hydrogen (secondary N) is 1. The van der Waals surface area contributed by atoms with Gasteiger partial charge in [-0.05, 0) is 39.2 Å². The number of nitriles is 1. The minimum Gasteiger partial charge on any atom is -0.381 e. The van der Waals surface area contributed by atoms with Crippen molar-refractivity contribution in [3.05, 3.63) is 0 Å². The van der Waals surface area contributed by atoms with Crippen LogP contribution in [0.5, 0.6) is 0 Å². The molecule has 92 valence electrons. The fourth-order valence-corrected chi connectivity index (χ4v) is 2.09. The van der Waals surface area contributed by atoms with Crippen LogP contribution in [0.4, 0.5) is 0 Å². The quantitative estimate of drug-likeness (QED) is 0.745. The Morgan fingerprint density at radius 3 is 2.81 bits per heavy atom. The van der Waals surface area contributed by atoms with Gasteiger partial charge < -0.3 is 14.8 Å². The van der Waals surface area contributed by atoms with Gasteiger partial charge in [0.15, 0.2) is 0 Å². The molecule has 1 saturated carbocycles. The van der Waals surface area contributed by atoms with Crippen molar-refractivity contribution in [1.29, 1.82) is 5.26 Å². The Bertz CT molecular complexity index is 228. The third kappa shape index (κ3) is 4.48. The van der Waals surface area contributed by atoms with E-state index in [-0.39, 0.29) is 6.04 Å². The normalized spacial score (nSPS) is 27.3. The standard InChI is InChI=1S/C12H22N2O2/c1-14-10(9-13)6-7-16-12-5-3-4-11(8-12)15-2/h10-12,14H,3-8H2,1-2H3. The number of hydrogen-bond donors (Lipinski definition) is 1. The number of methoxy groups -OCH3 is 1. The van der Waals surface area contributed by atoms with Crippen LogP contribution in [0.1, 0.15) is 32.1 Å². The van der Waals surface area contributed by atoms with E-state index in [1.807, 2.05) is 0 Å². The predicted octanol–water partition coefficient (Wildman–Crippen LogP) is 1.46. The third-order valence-corrected chi connectivity index (χ3v) is 3.18. The van der Waals surface area contributed by atoms with Crippen LogP contribution in [-0.4, -0.2) is 39.0 Å². The number of nitrogens with zero attached hydrogens (tertiary/aromatic N) is 1. The molecule has 0 aromatic heterocycles. The first-order valence-electron chi connectivity index (χ1n) is 6.01. The molecule has 1 rings (SSSR count). The molecule has 4 nitrogen and oxygen atoms in total. The Morgan fingerprint density at radius 1 is 1.44 bits per heavy atom. The van der Waals surface area contributed by atoms with Crippen molar-refractivity contribution in [2.45, 2.75) is 50.4 Å². The summed E-state index contributed by atoms with van der Waals surface area (Å²) in [7, 11) is 3.56. The van der Waals surface area contributed by atoms with Crippen molar-refractivity contribution in [3.8, 4) is 6.07 Å². The summed E-state index contributed by atoms with van der Waals surface area (Å²) in [5.41, 5.74) is 0. The molecule has 0 spiro atoms. The summed E-state index contributed by atoms with van der Waals surface area (Å²) < 4.78 is 11.1. The van der Waals surface area contributed by atoms with Crippen LogP contribution in [0.15, 0.2) is 0 Å². The van der Waals surface area contributed by atoms with Gasteiger partial charge in [0, 0.05) is 13.7 Å². The molecule has 16 heavy (non-hydrogen) atoms. The minimum absolute atomic E-state index is 0.0955. The van der Waals surface area contributed by atoms with E-state index in [9.17, 15) is 0 Å². The summed E-state index contributed by atoms with van der Waals surface area (Å²) in [6, 6.07) is 2.10. The molecule has 1 aliphatic rings. The second kappa shape index (κ2) is 7.61. The van der Waals surface area contributed by atoms with Gasteiger partial charge in [-0.3, -0.25) is 0 Å². The van der Waals surface area contributed by atoms with Crippen LogP contribution < -0.4 is 5.32 Å². The van der Waals surface area contributed by atoms with E-state index in [1.165, 1.54) is 6.42 Å². The fraction of sp³-hybridized carbons (Fsp3) is 0.917. The van der Waals surface area contributed by atoms with Crippen LogP contribution in [0.2, 0.25) is 0 Å². The maximum absolute atomic E-state index is 8.76. The molecule has 0 radical (unpaired) electrons. The van der Waals surface area contributed by atoms with E-state index in [0.29, 0.717) is 18.8 Å². The summed E-state index contributed by atoms with van der Waals surface area (Å²) >= 11 is 0. The first-order valence-corrected chi connectivity index (χ1v) is 6.01. The van der Waals surface area contributed by atoms with Gasteiger partial charge in [0.1, 0.15) is 0 Å². The number of ether oxygens (including phenoxy) is 2. The molecule has 0 bridgehead atoms.